The molecule has 0 saturated heterocycles. The lowest BCUT2D eigenvalue weighted by Crippen LogP contribution is -2.05. The van der Waals surface area contributed by atoms with E-state index in [1.165, 1.54) is 43.3 Å². The second-order valence-corrected chi connectivity index (χ2v) is 8.50. The molecule has 0 amide bonds. The molecule has 4 aromatic carbocycles. The van der Waals surface area contributed by atoms with Crippen LogP contribution in [-0.4, -0.2) is 16.9 Å². The summed E-state index contributed by atoms with van der Waals surface area (Å²) >= 11 is 3.10. The highest BCUT2D eigenvalue weighted by Crippen LogP contribution is 2.23. The lowest BCUT2D eigenvalue weighted by molar-refractivity contribution is 0.100. The van der Waals surface area contributed by atoms with Crippen LogP contribution in [0.5, 0.6) is 11.5 Å². The van der Waals surface area contributed by atoms with Gasteiger partial charge in [0.1, 0.15) is 36.3 Å². The fourth-order valence-corrected chi connectivity index (χ4v) is 3.60. The van der Waals surface area contributed by atoms with Crippen molar-refractivity contribution in [3.05, 3.63) is 131 Å². The first-order valence-corrected chi connectivity index (χ1v) is 12.5. The lowest BCUT2D eigenvalue weighted by atomic mass is 10.1. The molecule has 0 N–H and O–H groups in total. The van der Waals surface area contributed by atoms with Crippen molar-refractivity contribution in [3.8, 4) is 11.5 Å². The molecule has 37 heavy (non-hydrogen) atoms. The third kappa shape index (κ3) is 8.65. The summed E-state index contributed by atoms with van der Waals surface area (Å²) in [5.74, 6) is -0.557. The van der Waals surface area contributed by atoms with Gasteiger partial charge in [-0.25, -0.2) is 8.78 Å². The summed E-state index contributed by atoms with van der Waals surface area (Å²) < 4.78 is 37.4. The predicted octanol–water partition coefficient (Wildman–Crippen LogP) is 7.59. The highest BCUT2D eigenvalue weighted by Gasteiger charge is 2.13. The van der Waals surface area contributed by atoms with Crippen LogP contribution < -0.4 is 9.47 Å². The van der Waals surface area contributed by atoms with Crippen molar-refractivity contribution in [2.75, 3.05) is 5.33 Å². The van der Waals surface area contributed by atoms with Crippen LogP contribution in [0.1, 0.15) is 38.8 Å². The minimum absolute atomic E-state index is 0.136. The minimum atomic E-state index is -0.422. The molecule has 0 unspecified atom stereocenters. The average Bonchev–Trinajstić information content (AvgIpc) is 2.92. The Balaban J connectivity index is 0.000000206. The molecule has 7 heteroatoms. The van der Waals surface area contributed by atoms with E-state index in [2.05, 4.69) is 15.9 Å². The summed E-state index contributed by atoms with van der Waals surface area (Å²) in [7, 11) is 0. The summed E-state index contributed by atoms with van der Waals surface area (Å²) in [5.41, 5.74) is 2.71. The fraction of sp³-hybridized carbons (Fsp3) is 0.133. The number of rotatable bonds is 9. The van der Waals surface area contributed by atoms with Gasteiger partial charge in [0.05, 0.1) is 16.5 Å². The summed E-state index contributed by atoms with van der Waals surface area (Å²) in [6.07, 6.45) is 0. The lowest BCUT2D eigenvalue weighted by Gasteiger charge is -2.10. The van der Waals surface area contributed by atoms with Gasteiger partial charge in [-0.15, -0.1) is 0 Å². The van der Waals surface area contributed by atoms with Crippen LogP contribution >= 0.6 is 15.9 Å². The Hall–Kier alpha value is -3.84. The largest absolute Gasteiger partial charge is 0.488 e. The Morgan fingerprint density at radius 3 is 1.54 bits per heavy atom. The first-order chi connectivity index (χ1) is 17.9. The first kappa shape index (κ1) is 27.7. The Labute approximate surface area is 223 Å². The van der Waals surface area contributed by atoms with Gasteiger partial charge in [-0.1, -0.05) is 76.6 Å². The van der Waals surface area contributed by atoms with E-state index in [4.69, 9.17) is 9.47 Å². The van der Waals surface area contributed by atoms with Crippen LogP contribution in [0.2, 0.25) is 0 Å². The van der Waals surface area contributed by atoms with E-state index < -0.39 is 11.6 Å². The maximum Gasteiger partial charge on any atom is 0.177 e. The molecule has 0 spiro atoms. The molecule has 0 aliphatic heterocycles. The van der Waals surface area contributed by atoms with Crippen molar-refractivity contribution in [2.24, 2.45) is 0 Å². The molecule has 0 fully saturated rings. The van der Waals surface area contributed by atoms with Crippen molar-refractivity contribution < 1.29 is 27.8 Å². The third-order valence-corrected chi connectivity index (χ3v) is 5.67. The van der Waals surface area contributed by atoms with Crippen molar-refractivity contribution >= 4 is 27.5 Å². The van der Waals surface area contributed by atoms with Crippen molar-refractivity contribution in [2.45, 2.75) is 20.1 Å². The summed E-state index contributed by atoms with van der Waals surface area (Å²) in [5, 5.41) is 0.181. The number of Topliss-reactive ketones (excluding diaryl/α,β-unsaturated/α-hetero) is 2. The number of alkyl halides is 1. The zero-order chi connectivity index (χ0) is 26.6. The number of carbonyl (C=O) groups is 2. The van der Waals surface area contributed by atoms with Gasteiger partial charge >= 0.3 is 0 Å². The zero-order valence-electron chi connectivity index (χ0n) is 20.1. The molecule has 4 rings (SSSR count). The zero-order valence-corrected chi connectivity index (χ0v) is 21.7. The molecule has 0 saturated carbocycles. The van der Waals surface area contributed by atoms with Crippen molar-refractivity contribution in [1.29, 1.82) is 0 Å². The summed E-state index contributed by atoms with van der Waals surface area (Å²) in [6, 6.07) is 26.9. The standard InChI is InChI=1S/C15H12BrFO2.C15H13FO2/c16-9-14(18)13-7-6-12(17)8-15(13)19-10-11-4-2-1-3-5-11;1-11(17)14-8-7-13(16)9-15(14)18-10-12-5-3-2-4-6-12/h1-8H,9-10H2;2-9H,10H2,1H3. The first-order valence-electron chi connectivity index (χ1n) is 11.4. The smallest absolute Gasteiger partial charge is 0.177 e. The molecule has 0 heterocycles. The molecule has 0 aliphatic rings. The van der Waals surface area contributed by atoms with E-state index in [0.717, 1.165) is 11.1 Å². The van der Waals surface area contributed by atoms with Gasteiger partial charge in [0, 0.05) is 12.1 Å². The van der Waals surface area contributed by atoms with E-state index in [1.807, 2.05) is 60.7 Å². The van der Waals surface area contributed by atoms with Crippen molar-refractivity contribution in [1.82, 2.24) is 0 Å². The van der Waals surface area contributed by atoms with Gasteiger partial charge in [0.25, 0.3) is 0 Å². The second kappa shape index (κ2) is 14.0. The molecule has 4 nitrogen and oxygen atoms in total. The van der Waals surface area contributed by atoms with Crippen LogP contribution in [-0.2, 0) is 13.2 Å². The SMILES string of the molecule is CC(=O)c1ccc(F)cc1OCc1ccccc1.O=C(CBr)c1ccc(F)cc1OCc1ccccc1. The normalized spacial score (nSPS) is 10.2. The number of hydrogen-bond acceptors (Lipinski definition) is 4. The molecule has 0 radical (unpaired) electrons. The molecular weight excluding hydrogens is 542 g/mol. The van der Waals surface area contributed by atoms with Gasteiger partial charge in [-0.05, 0) is 42.3 Å². The molecule has 0 aliphatic carbocycles. The maximum atomic E-state index is 13.2. The van der Waals surface area contributed by atoms with Gasteiger partial charge in [-0.2, -0.15) is 0 Å². The van der Waals surface area contributed by atoms with Crippen molar-refractivity contribution in [3.63, 3.8) is 0 Å². The Kier molecular flexibility index (Phi) is 10.5. The molecule has 190 valence electrons. The van der Waals surface area contributed by atoms with Crippen LogP contribution in [0.3, 0.4) is 0 Å². The summed E-state index contributed by atoms with van der Waals surface area (Å²) in [4.78, 5) is 23.1. The highest BCUT2D eigenvalue weighted by atomic mass is 79.9. The monoisotopic (exact) mass is 566 g/mol. The Morgan fingerprint density at radius 2 is 1.11 bits per heavy atom. The van der Waals surface area contributed by atoms with Crippen LogP contribution in [0.15, 0.2) is 97.1 Å². The number of benzene rings is 4. The highest BCUT2D eigenvalue weighted by molar-refractivity contribution is 9.09. The number of carbonyl (C=O) groups excluding carboxylic acids is 2. The van der Waals surface area contributed by atoms with E-state index >= 15 is 0 Å². The number of ketones is 2. The second-order valence-electron chi connectivity index (χ2n) is 7.94. The quantitative estimate of drug-likeness (QED) is 0.155. The fourth-order valence-electron chi connectivity index (χ4n) is 3.30. The van der Waals surface area contributed by atoms with E-state index in [1.54, 1.807) is 0 Å². The molecule has 0 bridgehead atoms. The van der Waals surface area contributed by atoms with Gasteiger partial charge in [0.15, 0.2) is 11.6 Å². The minimum Gasteiger partial charge on any atom is -0.488 e. The van der Waals surface area contributed by atoms with Gasteiger partial charge in [-0.3, -0.25) is 9.59 Å². The molecule has 0 aromatic heterocycles. The Bertz CT molecular complexity index is 1330. The number of ether oxygens (including phenoxy) is 2. The van der Waals surface area contributed by atoms with Gasteiger partial charge < -0.3 is 9.47 Å². The van der Waals surface area contributed by atoms with Crippen LogP contribution in [0, 0.1) is 11.6 Å². The van der Waals surface area contributed by atoms with E-state index in [9.17, 15) is 18.4 Å². The predicted molar refractivity (Wildman–Crippen MR) is 142 cm³/mol. The maximum absolute atomic E-state index is 13.2. The molecule has 0 atom stereocenters. The van der Waals surface area contributed by atoms with Crippen LogP contribution in [0.4, 0.5) is 8.78 Å². The molecular formula is C30H25BrF2O4. The third-order valence-electron chi connectivity index (χ3n) is 5.16. The topological polar surface area (TPSA) is 52.6 Å². The van der Waals surface area contributed by atoms with Gasteiger partial charge in [0.2, 0.25) is 0 Å². The molecule has 4 aromatic rings. The summed E-state index contributed by atoms with van der Waals surface area (Å²) in [6.45, 7) is 2.04. The van der Waals surface area contributed by atoms with E-state index in [-0.39, 0.29) is 28.4 Å². The average molecular weight is 567 g/mol. The number of halogens is 3. The van der Waals surface area contributed by atoms with E-state index in [0.29, 0.717) is 24.3 Å². The number of hydrogen-bond donors (Lipinski definition) is 0. The van der Waals surface area contributed by atoms with Crippen LogP contribution in [0.25, 0.3) is 0 Å². The Morgan fingerprint density at radius 1 is 0.676 bits per heavy atom.